The molecule has 2 nitrogen and oxygen atoms in total. The predicted octanol–water partition coefficient (Wildman–Crippen LogP) is 2.15. The Hall–Kier alpha value is -0.370. The molecule has 0 fully saturated rings. The molecule has 0 aromatic rings. The van der Waals surface area contributed by atoms with E-state index in [-0.39, 0.29) is 6.10 Å². The van der Waals surface area contributed by atoms with Crippen molar-refractivity contribution in [3.63, 3.8) is 0 Å². The number of hydrogen-bond donors (Lipinski definition) is 1. The molecule has 1 atom stereocenters. The van der Waals surface area contributed by atoms with Gasteiger partial charge in [0.1, 0.15) is 6.29 Å². The molecule has 0 saturated carbocycles. The van der Waals surface area contributed by atoms with Crippen molar-refractivity contribution in [2.75, 3.05) is 0 Å². The van der Waals surface area contributed by atoms with E-state index in [4.69, 9.17) is 0 Å². The van der Waals surface area contributed by atoms with E-state index in [9.17, 15) is 9.90 Å². The summed E-state index contributed by atoms with van der Waals surface area (Å²) in [6, 6.07) is 0. The van der Waals surface area contributed by atoms with E-state index < -0.39 is 0 Å². The second kappa shape index (κ2) is 7.29. The summed E-state index contributed by atoms with van der Waals surface area (Å²) < 4.78 is 0. The monoisotopic (exact) mass is 172 g/mol. The maximum Gasteiger partial charge on any atom is 0.119 e. The zero-order valence-electron chi connectivity index (χ0n) is 8.12. The van der Waals surface area contributed by atoms with E-state index in [0.29, 0.717) is 12.3 Å². The van der Waals surface area contributed by atoms with Crippen LogP contribution in [0.2, 0.25) is 0 Å². The molecule has 1 unspecified atom stereocenters. The predicted molar refractivity (Wildman–Crippen MR) is 50.0 cm³/mol. The summed E-state index contributed by atoms with van der Waals surface area (Å²) in [6.07, 6.45) is 4.83. The molecule has 0 heterocycles. The molecule has 0 bridgehead atoms. The van der Waals surface area contributed by atoms with Gasteiger partial charge in [0.15, 0.2) is 0 Å². The lowest BCUT2D eigenvalue weighted by Gasteiger charge is -2.10. The van der Waals surface area contributed by atoms with Crippen molar-refractivity contribution < 1.29 is 9.90 Å². The molecule has 12 heavy (non-hydrogen) atoms. The Bertz CT molecular complexity index is 110. The maximum absolute atomic E-state index is 9.97. The topological polar surface area (TPSA) is 37.3 Å². The number of carbonyl (C=O) groups excluding carboxylic acids is 1. The Morgan fingerprint density at radius 1 is 1.25 bits per heavy atom. The molecule has 0 radical (unpaired) electrons. The highest BCUT2D eigenvalue weighted by Crippen LogP contribution is 2.10. The molecule has 0 aliphatic heterocycles. The summed E-state index contributed by atoms with van der Waals surface area (Å²) in [7, 11) is 0. The Morgan fingerprint density at radius 2 is 1.92 bits per heavy atom. The number of hydrogen-bond acceptors (Lipinski definition) is 2. The van der Waals surface area contributed by atoms with Gasteiger partial charge in [-0.1, -0.05) is 13.8 Å². The number of unbranched alkanes of at least 4 members (excludes halogenated alkanes) is 1. The Morgan fingerprint density at radius 3 is 2.42 bits per heavy atom. The molecule has 0 aromatic carbocycles. The minimum absolute atomic E-state index is 0.202. The summed E-state index contributed by atoms with van der Waals surface area (Å²) in [4.78, 5) is 9.97. The van der Waals surface area contributed by atoms with E-state index in [1.165, 1.54) is 0 Å². The summed E-state index contributed by atoms with van der Waals surface area (Å²) in [5, 5.41) is 9.41. The third-order valence-corrected chi connectivity index (χ3v) is 1.94. The Balaban J connectivity index is 3.21. The number of rotatable bonds is 7. The Labute approximate surface area is 75.0 Å². The highest BCUT2D eigenvalue weighted by Gasteiger charge is 2.04. The molecule has 2 heteroatoms. The molecule has 0 rings (SSSR count). The van der Waals surface area contributed by atoms with Gasteiger partial charge in [0.25, 0.3) is 0 Å². The van der Waals surface area contributed by atoms with Crippen molar-refractivity contribution >= 4 is 6.29 Å². The van der Waals surface area contributed by atoms with Crippen molar-refractivity contribution in [2.24, 2.45) is 5.92 Å². The van der Waals surface area contributed by atoms with Gasteiger partial charge in [0, 0.05) is 6.42 Å². The van der Waals surface area contributed by atoms with Gasteiger partial charge in [-0.2, -0.15) is 0 Å². The van der Waals surface area contributed by atoms with Crippen LogP contribution in [0.15, 0.2) is 0 Å². The third-order valence-electron chi connectivity index (χ3n) is 1.94. The average molecular weight is 172 g/mol. The summed E-state index contributed by atoms with van der Waals surface area (Å²) >= 11 is 0. The van der Waals surface area contributed by atoms with E-state index in [0.717, 1.165) is 32.0 Å². The third kappa shape index (κ3) is 7.73. The van der Waals surface area contributed by atoms with E-state index in [1.54, 1.807) is 0 Å². The van der Waals surface area contributed by atoms with E-state index in [2.05, 4.69) is 13.8 Å². The minimum atomic E-state index is -0.202. The lowest BCUT2D eigenvalue weighted by atomic mass is 10.0. The number of aliphatic hydroxyl groups is 1. The van der Waals surface area contributed by atoms with Crippen LogP contribution in [0.4, 0.5) is 0 Å². The van der Waals surface area contributed by atoms with Gasteiger partial charge in [-0.05, 0) is 31.6 Å². The highest BCUT2D eigenvalue weighted by atomic mass is 16.3. The van der Waals surface area contributed by atoms with Crippen LogP contribution in [0.5, 0.6) is 0 Å². The zero-order valence-corrected chi connectivity index (χ0v) is 8.12. The molecule has 0 saturated heterocycles. The molecular weight excluding hydrogens is 152 g/mol. The largest absolute Gasteiger partial charge is 0.393 e. The molecule has 0 aliphatic rings. The fraction of sp³-hybridized carbons (Fsp3) is 0.900. The molecule has 0 spiro atoms. The van der Waals surface area contributed by atoms with Crippen LogP contribution in [0.25, 0.3) is 0 Å². The first-order chi connectivity index (χ1) is 5.66. The normalized spacial score (nSPS) is 13.3. The summed E-state index contributed by atoms with van der Waals surface area (Å²) in [6.45, 7) is 4.30. The Kier molecular flexibility index (Phi) is 7.06. The lowest BCUT2D eigenvalue weighted by Crippen LogP contribution is -2.07. The quantitative estimate of drug-likeness (QED) is 0.472. The second-order valence-corrected chi connectivity index (χ2v) is 3.72. The summed E-state index contributed by atoms with van der Waals surface area (Å²) in [5.41, 5.74) is 0. The second-order valence-electron chi connectivity index (χ2n) is 3.72. The van der Waals surface area contributed by atoms with Gasteiger partial charge in [-0.3, -0.25) is 0 Å². The zero-order chi connectivity index (χ0) is 9.40. The van der Waals surface area contributed by atoms with E-state index >= 15 is 0 Å². The first-order valence-corrected chi connectivity index (χ1v) is 4.78. The van der Waals surface area contributed by atoms with Gasteiger partial charge in [0.2, 0.25) is 0 Å². The fourth-order valence-corrected chi connectivity index (χ4v) is 1.11. The van der Waals surface area contributed by atoms with Gasteiger partial charge in [-0.15, -0.1) is 0 Å². The van der Waals surface area contributed by atoms with Gasteiger partial charge in [0.05, 0.1) is 6.10 Å². The van der Waals surface area contributed by atoms with Gasteiger partial charge in [-0.25, -0.2) is 0 Å². The van der Waals surface area contributed by atoms with Crippen molar-refractivity contribution in [1.29, 1.82) is 0 Å². The molecule has 0 aliphatic carbocycles. The van der Waals surface area contributed by atoms with Crippen molar-refractivity contribution in [2.45, 2.75) is 52.1 Å². The molecule has 0 aromatic heterocycles. The molecule has 1 N–H and O–H groups in total. The highest BCUT2D eigenvalue weighted by molar-refractivity contribution is 5.48. The summed E-state index contributed by atoms with van der Waals surface area (Å²) in [5.74, 6) is 0.658. The molecular formula is C10H20O2. The minimum Gasteiger partial charge on any atom is -0.393 e. The fourth-order valence-electron chi connectivity index (χ4n) is 1.11. The lowest BCUT2D eigenvalue weighted by molar-refractivity contribution is -0.108. The van der Waals surface area contributed by atoms with Crippen LogP contribution < -0.4 is 0 Å². The van der Waals surface area contributed by atoms with Crippen LogP contribution in [0.3, 0.4) is 0 Å². The molecule has 0 amide bonds. The van der Waals surface area contributed by atoms with Crippen molar-refractivity contribution in [3.8, 4) is 0 Å². The number of aldehydes is 1. The van der Waals surface area contributed by atoms with Crippen molar-refractivity contribution in [1.82, 2.24) is 0 Å². The first-order valence-electron chi connectivity index (χ1n) is 4.78. The number of aliphatic hydroxyl groups excluding tert-OH is 1. The van der Waals surface area contributed by atoms with Crippen molar-refractivity contribution in [3.05, 3.63) is 0 Å². The van der Waals surface area contributed by atoms with Crippen LogP contribution in [-0.2, 0) is 4.79 Å². The van der Waals surface area contributed by atoms with Gasteiger partial charge >= 0.3 is 0 Å². The van der Waals surface area contributed by atoms with Crippen LogP contribution in [-0.4, -0.2) is 17.5 Å². The first kappa shape index (κ1) is 11.6. The maximum atomic E-state index is 9.97. The standard InChI is InChI=1S/C10H20O2/c1-9(2)6-7-10(12)5-3-4-8-11/h8-10,12H,3-7H2,1-2H3. The SMILES string of the molecule is CC(C)CCC(O)CCCC=O. The van der Waals surface area contributed by atoms with Crippen LogP contribution in [0.1, 0.15) is 46.0 Å². The van der Waals surface area contributed by atoms with Crippen LogP contribution >= 0.6 is 0 Å². The van der Waals surface area contributed by atoms with Gasteiger partial charge < -0.3 is 9.90 Å². The average Bonchev–Trinajstić information content (AvgIpc) is 2.01. The van der Waals surface area contributed by atoms with Crippen LogP contribution in [0, 0.1) is 5.92 Å². The number of carbonyl (C=O) groups is 1. The smallest absolute Gasteiger partial charge is 0.119 e. The molecule has 72 valence electrons. The van der Waals surface area contributed by atoms with E-state index in [1.807, 2.05) is 0 Å².